The van der Waals surface area contributed by atoms with E-state index in [0.29, 0.717) is 13.1 Å². The van der Waals surface area contributed by atoms with Crippen LogP contribution >= 0.6 is 0 Å². The Labute approximate surface area is 126 Å². The summed E-state index contributed by atoms with van der Waals surface area (Å²) in [5, 5.41) is 10.1. The van der Waals surface area contributed by atoms with Crippen LogP contribution in [0.5, 0.6) is 0 Å². The maximum Gasteiger partial charge on any atom is 0.214 e. The number of aliphatic hydroxyl groups excluding tert-OH is 1. The molecule has 120 valence electrons. The Balaban J connectivity index is 1.88. The number of likely N-dealkylation sites (tertiary alicyclic amines) is 1. The fraction of sp³-hybridized carbons (Fsp3) is 0.769. The van der Waals surface area contributed by atoms with Crippen LogP contribution in [0.15, 0.2) is 12.4 Å². The Hall–Kier alpha value is -0.960. The number of hydrogen-bond donors (Lipinski definition) is 1. The van der Waals surface area contributed by atoms with Gasteiger partial charge in [-0.2, -0.15) is 0 Å². The SMILES string of the molecule is CN(C)S(=O)(=O)C[C@@H]1CN(CCc2nccn2C)C[C@@H]1O. The first-order valence-electron chi connectivity index (χ1n) is 7.06. The minimum atomic E-state index is -3.27. The lowest BCUT2D eigenvalue weighted by Gasteiger charge is -2.18. The first kappa shape index (κ1) is 16.4. The molecule has 0 bridgehead atoms. The summed E-state index contributed by atoms with van der Waals surface area (Å²) in [5.41, 5.74) is 0. The molecule has 21 heavy (non-hydrogen) atoms. The van der Waals surface area contributed by atoms with Crippen molar-refractivity contribution in [2.24, 2.45) is 13.0 Å². The topological polar surface area (TPSA) is 78.7 Å². The normalized spacial score (nSPS) is 24.0. The molecule has 0 unspecified atom stereocenters. The molecule has 0 amide bonds. The Morgan fingerprint density at radius 2 is 2.14 bits per heavy atom. The van der Waals surface area contributed by atoms with Crippen LogP contribution in [0, 0.1) is 5.92 Å². The molecule has 1 aromatic heterocycles. The summed E-state index contributed by atoms with van der Waals surface area (Å²) in [6, 6.07) is 0. The lowest BCUT2D eigenvalue weighted by Crippen LogP contribution is -2.33. The van der Waals surface area contributed by atoms with Crippen LogP contribution in [0.2, 0.25) is 0 Å². The number of sulfonamides is 1. The molecule has 0 aromatic carbocycles. The molecule has 1 N–H and O–H groups in total. The molecule has 2 atom stereocenters. The average Bonchev–Trinajstić information content (AvgIpc) is 2.93. The monoisotopic (exact) mass is 316 g/mol. The van der Waals surface area contributed by atoms with E-state index in [4.69, 9.17) is 0 Å². The Morgan fingerprint density at radius 3 is 2.71 bits per heavy atom. The highest BCUT2D eigenvalue weighted by atomic mass is 32.2. The van der Waals surface area contributed by atoms with Gasteiger partial charge in [0.05, 0.1) is 11.9 Å². The summed E-state index contributed by atoms with van der Waals surface area (Å²) in [7, 11) is 1.73. The summed E-state index contributed by atoms with van der Waals surface area (Å²) in [6.07, 6.45) is 3.88. The molecule has 0 radical (unpaired) electrons. The second kappa shape index (κ2) is 6.43. The van der Waals surface area contributed by atoms with E-state index < -0.39 is 16.1 Å². The van der Waals surface area contributed by atoms with Crippen LogP contribution in [0.1, 0.15) is 5.82 Å². The molecular formula is C13H24N4O3S. The smallest absolute Gasteiger partial charge is 0.214 e. The molecule has 1 aliphatic rings. The summed E-state index contributed by atoms with van der Waals surface area (Å²) in [5.74, 6) is 0.771. The van der Waals surface area contributed by atoms with Crippen molar-refractivity contribution in [3.8, 4) is 0 Å². The van der Waals surface area contributed by atoms with Crippen LogP contribution in [0.4, 0.5) is 0 Å². The van der Waals surface area contributed by atoms with Gasteiger partial charge in [-0.05, 0) is 0 Å². The molecule has 2 rings (SSSR count). The standard InChI is InChI=1S/C13H24N4O3S/c1-15(2)21(19,20)10-11-8-17(9-12(11)18)6-4-13-14-5-7-16(13)3/h5,7,11-12,18H,4,6,8-10H2,1-3H3/t11-,12-/m0/s1. The molecule has 1 fully saturated rings. The van der Waals surface area contributed by atoms with Crippen LogP contribution in [0.25, 0.3) is 0 Å². The number of nitrogens with zero attached hydrogens (tertiary/aromatic N) is 4. The van der Waals surface area contributed by atoms with Crippen molar-refractivity contribution >= 4 is 10.0 Å². The molecule has 1 aliphatic heterocycles. The zero-order valence-electron chi connectivity index (χ0n) is 12.8. The predicted octanol–water partition coefficient (Wildman–Crippen LogP) is -0.853. The van der Waals surface area contributed by atoms with Crippen LogP contribution < -0.4 is 0 Å². The fourth-order valence-electron chi connectivity index (χ4n) is 2.60. The number of aromatic nitrogens is 2. The number of β-amino-alcohol motifs (C(OH)–C–C–N with tert-alkyl or cyclic N) is 1. The molecule has 1 aromatic rings. The van der Waals surface area contributed by atoms with Gasteiger partial charge in [0, 0.05) is 65.5 Å². The lowest BCUT2D eigenvalue weighted by molar-refractivity contribution is 0.149. The van der Waals surface area contributed by atoms with Crippen LogP contribution in [-0.2, 0) is 23.5 Å². The van der Waals surface area contributed by atoms with Gasteiger partial charge in [0.1, 0.15) is 5.82 Å². The van der Waals surface area contributed by atoms with Crippen molar-refractivity contribution in [3.63, 3.8) is 0 Å². The minimum Gasteiger partial charge on any atom is -0.391 e. The van der Waals surface area contributed by atoms with E-state index in [1.807, 2.05) is 17.8 Å². The molecule has 0 aliphatic carbocycles. The summed E-state index contributed by atoms with van der Waals surface area (Å²) in [6.45, 7) is 1.91. The number of aryl methyl sites for hydroxylation is 1. The van der Waals surface area contributed by atoms with Crippen molar-refractivity contribution in [2.45, 2.75) is 12.5 Å². The zero-order valence-corrected chi connectivity index (χ0v) is 13.6. The number of hydrogen-bond acceptors (Lipinski definition) is 5. The van der Waals surface area contributed by atoms with Crippen LogP contribution in [0.3, 0.4) is 0 Å². The fourth-order valence-corrected chi connectivity index (χ4v) is 3.77. The highest BCUT2D eigenvalue weighted by molar-refractivity contribution is 7.89. The lowest BCUT2D eigenvalue weighted by atomic mass is 10.1. The minimum absolute atomic E-state index is 0.0000709. The predicted molar refractivity (Wildman–Crippen MR) is 80.3 cm³/mol. The first-order valence-corrected chi connectivity index (χ1v) is 8.67. The van der Waals surface area contributed by atoms with E-state index in [0.717, 1.165) is 18.8 Å². The van der Waals surface area contributed by atoms with Gasteiger partial charge in [-0.25, -0.2) is 17.7 Å². The second-order valence-corrected chi connectivity index (χ2v) is 8.08. The van der Waals surface area contributed by atoms with Crippen molar-refractivity contribution in [1.29, 1.82) is 0 Å². The number of imidazole rings is 1. The molecule has 7 nitrogen and oxygen atoms in total. The van der Waals surface area contributed by atoms with Crippen molar-refractivity contribution in [3.05, 3.63) is 18.2 Å². The van der Waals surface area contributed by atoms with Gasteiger partial charge in [0.25, 0.3) is 0 Å². The maximum absolute atomic E-state index is 11.9. The Kier molecular flexibility index (Phi) is 5.03. The van der Waals surface area contributed by atoms with E-state index in [1.54, 1.807) is 6.20 Å². The maximum atomic E-state index is 11.9. The third-order valence-corrected chi connectivity index (χ3v) is 6.00. The van der Waals surface area contributed by atoms with Gasteiger partial charge in [-0.3, -0.25) is 4.90 Å². The van der Waals surface area contributed by atoms with Gasteiger partial charge in [0.15, 0.2) is 0 Å². The van der Waals surface area contributed by atoms with Crippen molar-refractivity contribution in [1.82, 2.24) is 18.8 Å². The van der Waals surface area contributed by atoms with Gasteiger partial charge in [-0.1, -0.05) is 0 Å². The highest BCUT2D eigenvalue weighted by Gasteiger charge is 2.35. The van der Waals surface area contributed by atoms with E-state index in [9.17, 15) is 13.5 Å². The summed E-state index contributed by atoms with van der Waals surface area (Å²) in [4.78, 5) is 6.37. The molecule has 8 heteroatoms. The third-order valence-electron chi connectivity index (χ3n) is 4.04. The summed E-state index contributed by atoms with van der Waals surface area (Å²) < 4.78 is 27.0. The van der Waals surface area contributed by atoms with E-state index in [2.05, 4.69) is 9.88 Å². The van der Waals surface area contributed by atoms with Gasteiger partial charge in [0.2, 0.25) is 10.0 Å². The Morgan fingerprint density at radius 1 is 1.43 bits per heavy atom. The summed E-state index contributed by atoms with van der Waals surface area (Å²) >= 11 is 0. The largest absolute Gasteiger partial charge is 0.391 e. The molecule has 2 heterocycles. The van der Waals surface area contributed by atoms with Crippen molar-refractivity contribution in [2.75, 3.05) is 39.5 Å². The van der Waals surface area contributed by atoms with E-state index in [1.165, 1.54) is 18.4 Å². The Bertz CT molecular complexity index is 570. The zero-order chi connectivity index (χ0) is 15.6. The highest BCUT2D eigenvalue weighted by Crippen LogP contribution is 2.20. The molecule has 1 saturated heterocycles. The van der Waals surface area contributed by atoms with E-state index >= 15 is 0 Å². The quantitative estimate of drug-likeness (QED) is 0.739. The molecular weight excluding hydrogens is 292 g/mol. The van der Waals surface area contributed by atoms with Gasteiger partial charge < -0.3 is 9.67 Å². The van der Waals surface area contributed by atoms with Gasteiger partial charge in [-0.15, -0.1) is 0 Å². The second-order valence-electron chi connectivity index (χ2n) is 5.85. The van der Waals surface area contributed by atoms with Gasteiger partial charge >= 0.3 is 0 Å². The molecule has 0 saturated carbocycles. The van der Waals surface area contributed by atoms with E-state index in [-0.39, 0.29) is 11.7 Å². The third kappa shape index (κ3) is 4.03. The molecule has 0 spiro atoms. The van der Waals surface area contributed by atoms with Crippen LogP contribution in [-0.4, -0.2) is 77.9 Å². The average molecular weight is 316 g/mol. The first-order chi connectivity index (χ1) is 9.79. The van der Waals surface area contributed by atoms with Crippen molar-refractivity contribution < 1.29 is 13.5 Å². The number of aliphatic hydroxyl groups is 1. The number of rotatable bonds is 6.